The summed E-state index contributed by atoms with van der Waals surface area (Å²) in [7, 11) is 0. The van der Waals surface area contributed by atoms with Gasteiger partial charge in [-0.1, -0.05) is 6.92 Å². The number of nitrogens with zero attached hydrogens (tertiary/aromatic N) is 2. The SMILES string of the molecule is CC1CCCN(Cc2cc(=O)c(O)cn2CCO)C1. The minimum atomic E-state index is -0.353. The second kappa shape index (κ2) is 6.21. The van der Waals surface area contributed by atoms with Gasteiger partial charge in [0.05, 0.1) is 12.8 Å². The van der Waals surface area contributed by atoms with E-state index in [1.54, 1.807) is 4.57 Å². The second-order valence-electron chi connectivity index (χ2n) is 5.41. The van der Waals surface area contributed by atoms with Gasteiger partial charge in [-0.25, -0.2) is 0 Å². The normalized spacial score (nSPS) is 20.6. The molecule has 1 aromatic rings. The maximum absolute atomic E-state index is 11.6. The van der Waals surface area contributed by atoms with Crippen LogP contribution in [0.2, 0.25) is 0 Å². The number of aromatic nitrogens is 1. The maximum Gasteiger partial charge on any atom is 0.223 e. The molecule has 1 unspecified atom stereocenters. The van der Waals surface area contributed by atoms with Gasteiger partial charge in [0, 0.05) is 31.4 Å². The highest BCUT2D eigenvalue weighted by Crippen LogP contribution is 2.18. The first-order valence-corrected chi connectivity index (χ1v) is 6.85. The van der Waals surface area contributed by atoms with Crippen molar-refractivity contribution in [2.24, 2.45) is 5.92 Å². The predicted molar refractivity (Wildman–Crippen MR) is 73.1 cm³/mol. The van der Waals surface area contributed by atoms with Crippen LogP contribution in [0.5, 0.6) is 5.75 Å². The van der Waals surface area contributed by atoms with Crippen molar-refractivity contribution in [2.75, 3.05) is 19.7 Å². The standard InChI is InChI=1S/C14H22N2O3/c1-11-3-2-4-15(8-11)9-12-7-13(18)14(19)10-16(12)5-6-17/h7,10-11,17,19H,2-6,8-9H2,1H3. The first-order chi connectivity index (χ1) is 9.10. The number of piperidine rings is 1. The number of pyridine rings is 1. The zero-order valence-corrected chi connectivity index (χ0v) is 11.4. The Balaban J connectivity index is 2.18. The predicted octanol–water partition coefficient (Wildman–Crippen LogP) is 0.778. The largest absolute Gasteiger partial charge is 0.503 e. The third-order valence-electron chi connectivity index (χ3n) is 3.66. The fourth-order valence-corrected chi connectivity index (χ4v) is 2.71. The van der Waals surface area contributed by atoms with Crippen LogP contribution in [0.4, 0.5) is 0 Å². The van der Waals surface area contributed by atoms with E-state index in [4.69, 9.17) is 5.11 Å². The average molecular weight is 266 g/mol. The molecule has 106 valence electrons. The topological polar surface area (TPSA) is 65.7 Å². The number of aliphatic hydroxyl groups is 1. The summed E-state index contributed by atoms with van der Waals surface area (Å²) in [5.74, 6) is 0.424. The molecule has 2 heterocycles. The lowest BCUT2D eigenvalue weighted by Gasteiger charge is -2.31. The highest BCUT2D eigenvalue weighted by atomic mass is 16.3. The molecule has 0 saturated carbocycles. The van der Waals surface area contributed by atoms with Gasteiger partial charge >= 0.3 is 0 Å². The second-order valence-corrected chi connectivity index (χ2v) is 5.41. The summed E-state index contributed by atoms with van der Waals surface area (Å²) in [6.45, 7) is 5.40. The summed E-state index contributed by atoms with van der Waals surface area (Å²) in [4.78, 5) is 13.9. The molecule has 2 N–H and O–H groups in total. The number of likely N-dealkylation sites (tertiary alicyclic amines) is 1. The summed E-state index contributed by atoms with van der Waals surface area (Å²) in [5, 5.41) is 18.5. The summed E-state index contributed by atoms with van der Waals surface area (Å²) in [5.41, 5.74) is 0.500. The van der Waals surface area contributed by atoms with Crippen LogP contribution in [0.3, 0.4) is 0 Å². The van der Waals surface area contributed by atoms with Gasteiger partial charge in [-0.15, -0.1) is 0 Å². The quantitative estimate of drug-likeness (QED) is 0.845. The van der Waals surface area contributed by atoms with Crippen LogP contribution in [0.1, 0.15) is 25.5 Å². The number of aliphatic hydroxyl groups excluding tert-OH is 1. The molecule has 1 saturated heterocycles. The molecule has 0 bridgehead atoms. The first kappa shape index (κ1) is 14.1. The smallest absolute Gasteiger partial charge is 0.223 e. The van der Waals surface area contributed by atoms with E-state index < -0.39 is 0 Å². The highest BCUT2D eigenvalue weighted by molar-refractivity contribution is 5.20. The summed E-state index contributed by atoms with van der Waals surface area (Å²) in [6.07, 6.45) is 3.86. The van der Waals surface area contributed by atoms with E-state index in [1.807, 2.05) is 0 Å². The van der Waals surface area contributed by atoms with Gasteiger partial charge in [0.2, 0.25) is 5.43 Å². The van der Waals surface area contributed by atoms with Crippen LogP contribution >= 0.6 is 0 Å². The Morgan fingerprint density at radius 2 is 2.26 bits per heavy atom. The average Bonchev–Trinajstić information content (AvgIpc) is 2.36. The van der Waals surface area contributed by atoms with Crippen molar-refractivity contribution in [2.45, 2.75) is 32.9 Å². The molecule has 1 aromatic heterocycles. The molecular formula is C14H22N2O3. The minimum Gasteiger partial charge on any atom is -0.503 e. The Kier molecular flexibility index (Phi) is 4.61. The summed E-state index contributed by atoms with van der Waals surface area (Å²) >= 11 is 0. The molecule has 1 aliphatic heterocycles. The number of hydrogen-bond donors (Lipinski definition) is 2. The van der Waals surface area contributed by atoms with E-state index in [0.717, 1.165) is 18.8 Å². The lowest BCUT2D eigenvalue weighted by Crippen LogP contribution is -2.35. The van der Waals surface area contributed by atoms with E-state index in [2.05, 4.69) is 11.8 Å². The van der Waals surface area contributed by atoms with Crippen molar-refractivity contribution in [3.8, 4) is 5.75 Å². The minimum absolute atomic E-state index is 0.00822. The van der Waals surface area contributed by atoms with E-state index >= 15 is 0 Å². The molecule has 0 amide bonds. The van der Waals surface area contributed by atoms with E-state index in [-0.39, 0.29) is 17.8 Å². The number of hydrogen-bond acceptors (Lipinski definition) is 4. The molecule has 1 aliphatic rings. The number of aromatic hydroxyl groups is 1. The molecular weight excluding hydrogens is 244 g/mol. The van der Waals surface area contributed by atoms with Crippen LogP contribution in [0, 0.1) is 5.92 Å². The molecule has 0 spiro atoms. The molecule has 0 radical (unpaired) electrons. The molecule has 2 rings (SSSR count). The van der Waals surface area contributed by atoms with Crippen LogP contribution in [0.25, 0.3) is 0 Å². The number of rotatable bonds is 4. The van der Waals surface area contributed by atoms with Crippen molar-refractivity contribution >= 4 is 0 Å². The lowest BCUT2D eigenvalue weighted by molar-refractivity contribution is 0.171. The van der Waals surface area contributed by atoms with E-state index in [1.165, 1.54) is 25.1 Å². The fourth-order valence-electron chi connectivity index (χ4n) is 2.71. The van der Waals surface area contributed by atoms with Gasteiger partial charge in [-0.3, -0.25) is 9.69 Å². The summed E-state index contributed by atoms with van der Waals surface area (Å²) < 4.78 is 1.76. The molecule has 5 heteroatoms. The van der Waals surface area contributed by atoms with Crippen LogP contribution < -0.4 is 5.43 Å². The first-order valence-electron chi connectivity index (χ1n) is 6.85. The molecule has 19 heavy (non-hydrogen) atoms. The molecule has 1 atom stereocenters. The third kappa shape index (κ3) is 3.58. The Labute approximate surface area is 113 Å². The van der Waals surface area contributed by atoms with Gasteiger partial charge in [-0.05, 0) is 25.3 Å². The van der Waals surface area contributed by atoms with E-state index in [9.17, 15) is 9.90 Å². The Morgan fingerprint density at radius 3 is 2.95 bits per heavy atom. The molecule has 0 aliphatic carbocycles. The Hall–Kier alpha value is -1.33. The van der Waals surface area contributed by atoms with Gasteiger partial charge in [-0.2, -0.15) is 0 Å². The van der Waals surface area contributed by atoms with Gasteiger partial charge in [0.1, 0.15) is 0 Å². The van der Waals surface area contributed by atoms with E-state index in [0.29, 0.717) is 19.0 Å². The van der Waals surface area contributed by atoms with Crippen molar-refractivity contribution in [3.63, 3.8) is 0 Å². The zero-order valence-electron chi connectivity index (χ0n) is 11.4. The van der Waals surface area contributed by atoms with Crippen molar-refractivity contribution in [1.29, 1.82) is 0 Å². The van der Waals surface area contributed by atoms with Crippen LogP contribution in [-0.2, 0) is 13.1 Å². The molecule has 5 nitrogen and oxygen atoms in total. The Morgan fingerprint density at radius 1 is 1.47 bits per heavy atom. The zero-order chi connectivity index (χ0) is 13.8. The third-order valence-corrected chi connectivity index (χ3v) is 3.66. The highest BCUT2D eigenvalue weighted by Gasteiger charge is 2.17. The van der Waals surface area contributed by atoms with Gasteiger partial charge in [0.25, 0.3) is 0 Å². The summed E-state index contributed by atoms with van der Waals surface area (Å²) in [6, 6.07) is 1.48. The molecule has 1 fully saturated rings. The van der Waals surface area contributed by atoms with Crippen molar-refractivity contribution in [3.05, 3.63) is 28.2 Å². The van der Waals surface area contributed by atoms with Gasteiger partial charge in [0.15, 0.2) is 5.75 Å². The van der Waals surface area contributed by atoms with Crippen molar-refractivity contribution < 1.29 is 10.2 Å². The van der Waals surface area contributed by atoms with Crippen LogP contribution in [0.15, 0.2) is 17.1 Å². The van der Waals surface area contributed by atoms with Crippen LogP contribution in [-0.4, -0.2) is 39.4 Å². The monoisotopic (exact) mass is 266 g/mol. The lowest BCUT2D eigenvalue weighted by atomic mass is 10.0. The maximum atomic E-state index is 11.6. The molecule has 0 aromatic carbocycles. The van der Waals surface area contributed by atoms with Crippen molar-refractivity contribution in [1.82, 2.24) is 9.47 Å². The van der Waals surface area contributed by atoms with Gasteiger partial charge < -0.3 is 14.8 Å². The Bertz CT molecular complexity index is 484. The fraction of sp³-hybridized carbons (Fsp3) is 0.643.